The molecule has 0 heterocycles. The molecule has 0 aliphatic heterocycles. The molecular formula is C13H14N2O2. The summed E-state index contributed by atoms with van der Waals surface area (Å²) in [5, 5.41) is 2.56. The van der Waals surface area contributed by atoms with E-state index in [2.05, 4.69) is 17.2 Å². The normalized spacial score (nSPS) is 9.06. The predicted octanol–water partition coefficient (Wildman–Crippen LogP) is 0.959. The number of carbonyl (C=O) groups excluding carboxylic acids is 2. The highest BCUT2D eigenvalue weighted by Gasteiger charge is 2.04. The van der Waals surface area contributed by atoms with Gasteiger partial charge in [-0.15, -0.1) is 0 Å². The quantitative estimate of drug-likeness (QED) is 0.451. The Morgan fingerprint density at radius 3 is 2.65 bits per heavy atom. The van der Waals surface area contributed by atoms with Crippen LogP contribution in [0.4, 0.5) is 5.69 Å². The summed E-state index contributed by atoms with van der Waals surface area (Å²) in [5.74, 6) is 5.42. The zero-order valence-corrected chi connectivity index (χ0v) is 9.83. The minimum Gasteiger partial charge on any atom is -0.398 e. The largest absolute Gasteiger partial charge is 0.398 e. The molecule has 1 rings (SSSR count). The highest BCUT2D eigenvalue weighted by Crippen LogP contribution is 2.13. The number of nitrogen functional groups attached to an aromatic ring is 1. The van der Waals surface area contributed by atoms with E-state index in [1.165, 1.54) is 13.8 Å². The molecule has 0 fully saturated rings. The number of carbonyl (C=O) groups is 2. The number of nitrogens with one attached hydrogen (secondary N) is 1. The molecule has 4 heteroatoms. The van der Waals surface area contributed by atoms with Crippen molar-refractivity contribution < 1.29 is 9.59 Å². The predicted molar refractivity (Wildman–Crippen MR) is 66.4 cm³/mol. The van der Waals surface area contributed by atoms with Gasteiger partial charge in [0.15, 0.2) is 5.78 Å². The van der Waals surface area contributed by atoms with Crippen LogP contribution >= 0.6 is 0 Å². The molecule has 0 aliphatic rings. The third kappa shape index (κ3) is 3.99. The third-order valence-electron chi connectivity index (χ3n) is 2.09. The van der Waals surface area contributed by atoms with Crippen LogP contribution in [-0.2, 0) is 4.79 Å². The molecule has 4 nitrogen and oxygen atoms in total. The van der Waals surface area contributed by atoms with E-state index >= 15 is 0 Å². The highest BCUT2D eigenvalue weighted by atomic mass is 16.1. The summed E-state index contributed by atoms with van der Waals surface area (Å²) < 4.78 is 0. The summed E-state index contributed by atoms with van der Waals surface area (Å²) >= 11 is 0. The second-order valence-electron chi connectivity index (χ2n) is 3.57. The van der Waals surface area contributed by atoms with Crippen molar-refractivity contribution in [3.05, 3.63) is 29.3 Å². The molecule has 1 aromatic rings. The summed E-state index contributed by atoms with van der Waals surface area (Å²) in [6, 6.07) is 5.04. The van der Waals surface area contributed by atoms with Crippen LogP contribution in [0.5, 0.6) is 0 Å². The number of Topliss-reactive ketones (excluding diaryl/α,β-unsaturated/α-hetero) is 1. The van der Waals surface area contributed by atoms with Crippen molar-refractivity contribution in [2.45, 2.75) is 13.8 Å². The first-order chi connectivity index (χ1) is 8.00. The Hall–Kier alpha value is -2.28. The summed E-state index contributed by atoms with van der Waals surface area (Å²) in [6.07, 6.45) is 0. The van der Waals surface area contributed by atoms with E-state index in [4.69, 9.17) is 5.73 Å². The molecule has 0 atom stereocenters. The monoisotopic (exact) mass is 230 g/mol. The lowest BCUT2D eigenvalue weighted by Crippen LogP contribution is -2.19. The maximum absolute atomic E-state index is 11.3. The van der Waals surface area contributed by atoms with Crippen LogP contribution in [0.25, 0.3) is 0 Å². The SMILES string of the molecule is CC(=O)NCC#Cc1ccc(N)c(C(C)=O)c1. The Morgan fingerprint density at radius 2 is 2.06 bits per heavy atom. The Labute approximate surface area is 100 Å². The minimum absolute atomic E-state index is 0.0898. The van der Waals surface area contributed by atoms with Crippen molar-refractivity contribution in [1.82, 2.24) is 5.32 Å². The molecule has 0 aliphatic carbocycles. The molecule has 0 spiro atoms. The molecule has 0 saturated carbocycles. The Bertz CT molecular complexity index is 510. The summed E-state index contributed by atoms with van der Waals surface area (Å²) in [7, 11) is 0. The number of rotatable bonds is 2. The van der Waals surface area contributed by atoms with Gasteiger partial charge in [0.05, 0.1) is 6.54 Å². The van der Waals surface area contributed by atoms with Gasteiger partial charge in [-0.25, -0.2) is 0 Å². The fourth-order valence-electron chi connectivity index (χ4n) is 1.25. The average Bonchev–Trinajstić information content (AvgIpc) is 2.25. The Morgan fingerprint density at radius 1 is 1.35 bits per heavy atom. The maximum atomic E-state index is 11.3. The number of anilines is 1. The zero-order chi connectivity index (χ0) is 12.8. The van der Waals surface area contributed by atoms with Crippen LogP contribution in [0.3, 0.4) is 0 Å². The molecule has 0 bridgehead atoms. The van der Waals surface area contributed by atoms with Gasteiger partial charge in [-0.3, -0.25) is 9.59 Å². The third-order valence-corrected chi connectivity index (χ3v) is 2.09. The van der Waals surface area contributed by atoms with E-state index in [-0.39, 0.29) is 18.2 Å². The first kappa shape index (κ1) is 12.8. The van der Waals surface area contributed by atoms with Crippen molar-refractivity contribution >= 4 is 17.4 Å². The zero-order valence-electron chi connectivity index (χ0n) is 9.83. The van der Waals surface area contributed by atoms with Crippen molar-refractivity contribution in [3.8, 4) is 11.8 Å². The number of amides is 1. The molecule has 17 heavy (non-hydrogen) atoms. The van der Waals surface area contributed by atoms with Gasteiger partial charge in [0.1, 0.15) is 0 Å². The van der Waals surface area contributed by atoms with E-state index in [0.717, 1.165) is 0 Å². The molecule has 3 N–H and O–H groups in total. The van der Waals surface area contributed by atoms with E-state index in [1.54, 1.807) is 18.2 Å². The van der Waals surface area contributed by atoms with Gasteiger partial charge in [0, 0.05) is 23.7 Å². The molecule has 88 valence electrons. The van der Waals surface area contributed by atoms with Crippen molar-refractivity contribution in [3.63, 3.8) is 0 Å². The van der Waals surface area contributed by atoms with Gasteiger partial charge in [-0.05, 0) is 25.1 Å². The molecule has 0 unspecified atom stereocenters. The molecule has 0 saturated heterocycles. The first-order valence-corrected chi connectivity index (χ1v) is 5.14. The van der Waals surface area contributed by atoms with Crippen molar-refractivity contribution in [1.29, 1.82) is 0 Å². The topological polar surface area (TPSA) is 72.2 Å². The summed E-state index contributed by atoms with van der Waals surface area (Å²) in [4.78, 5) is 21.9. The molecule has 1 aromatic carbocycles. The summed E-state index contributed by atoms with van der Waals surface area (Å²) in [5.41, 5.74) is 7.28. The fraction of sp³-hybridized carbons (Fsp3) is 0.231. The molecule has 0 aromatic heterocycles. The van der Waals surface area contributed by atoms with Crippen LogP contribution in [-0.4, -0.2) is 18.2 Å². The second-order valence-corrected chi connectivity index (χ2v) is 3.57. The standard InChI is InChI=1S/C13H14N2O2/c1-9(16)12-8-11(5-6-13(12)14)4-3-7-15-10(2)17/h5-6,8H,7,14H2,1-2H3,(H,15,17). The second kappa shape index (κ2) is 5.71. The van der Waals surface area contributed by atoms with Gasteiger partial charge >= 0.3 is 0 Å². The van der Waals surface area contributed by atoms with E-state index < -0.39 is 0 Å². The van der Waals surface area contributed by atoms with E-state index in [0.29, 0.717) is 16.8 Å². The number of ketones is 1. The van der Waals surface area contributed by atoms with Crippen LogP contribution in [0.2, 0.25) is 0 Å². The van der Waals surface area contributed by atoms with E-state index in [1.807, 2.05) is 0 Å². The van der Waals surface area contributed by atoms with Crippen LogP contribution in [0.1, 0.15) is 29.8 Å². The van der Waals surface area contributed by atoms with Crippen molar-refractivity contribution in [2.75, 3.05) is 12.3 Å². The fourth-order valence-corrected chi connectivity index (χ4v) is 1.25. The van der Waals surface area contributed by atoms with Gasteiger partial charge in [0.25, 0.3) is 0 Å². The lowest BCUT2D eigenvalue weighted by atomic mass is 10.1. The van der Waals surface area contributed by atoms with Crippen LogP contribution < -0.4 is 11.1 Å². The minimum atomic E-state index is -0.124. The number of hydrogen-bond donors (Lipinski definition) is 2. The van der Waals surface area contributed by atoms with Gasteiger partial charge in [-0.1, -0.05) is 11.8 Å². The highest BCUT2D eigenvalue weighted by molar-refractivity contribution is 5.99. The number of hydrogen-bond acceptors (Lipinski definition) is 3. The Balaban J connectivity index is 2.82. The molecule has 1 amide bonds. The lowest BCUT2D eigenvalue weighted by Gasteiger charge is -2.01. The molecule has 0 radical (unpaired) electrons. The van der Waals surface area contributed by atoms with Gasteiger partial charge in [0.2, 0.25) is 5.91 Å². The van der Waals surface area contributed by atoms with E-state index in [9.17, 15) is 9.59 Å². The lowest BCUT2D eigenvalue weighted by molar-refractivity contribution is -0.118. The summed E-state index contributed by atoms with van der Waals surface area (Å²) in [6.45, 7) is 3.17. The molecular weight excluding hydrogens is 216 g/mol. The average molecular weight is 230 g/mol. The van der Waals surface area contributed by atoms with Crippen molar-refractivity contribution in [2.24, 2.45) is 0 Å². The maximum Gasteiger partial charge on any atom is 0.217 e. The number of nitrogens with two attached hydrogens (primary N) is 1. The first-order valence-electron chi connectivity index (χ1n) is 5.14. The Kier molecular flexibility index (Phi) is 4.29. The van der Waals surface area contributed by atoms with Gasteiger partial charge in [-0.2, -0.15) is 0 Å². The number of benzene rings is 1. The smallest absolute Gasteiger partial charge is 0.217 e. The van der Waals surface area contributed by atoms with Crippen LogP contribution in [0, 0.1) is 11.8 Å². The van der Waals surface area contributed by atoms with Crippen LogP contribution in [0.15, 0.2) is 18.2 Å². The van der Waals surface area contributed by atoms with Gasteiger partial charge < -0.3 is 11.1 Å².